The number of carbonyl (C=O) groups excluding carboxylic acids is 1. The Labute approximate surface area is 152 Å². The first kappa shape index (κ1) is 22.1. The molecule has 0 radical (unpaired) electrons. The summed E-state index contributed by atoms with van der Waals surface area (Å²) < 4.78 is 35.3. The SMILES string of the molecule is C=C(C)C(=O)OCCC[Si]1(C)O[SiH2]O[SiH2]O[Si](C)(C)O[Si](C)(C)O1. The van der Waals surface area contributed by atoms with Gasteiger partial charge in [-0.25, -0.2) is 4.79 Å². The molecule has 0 aromatic rings. The van der Waals surface area contributed by atoms with Crippen LogP contribution in [-0.2, 0) is 30.1 Å². The summed E-state index contributed by atoms with van der Waals surface area (Å²) in [6.45, 7) is 15.7. The van der Waals surface area contributed by atoms with Gasteiger partial charge in [-0.2, -0.15) is 0 Å². The van der Waals surface area contributed by atoms with Crippen LogP contribution in [-0.4, -0.2) is 58.3 Å². The van der Waals surface area contributed by atoms with Crippen LogP contribution in [0.1, 0.15) is 13.3 Å². The Morgan fingerprint density at radius 1 is 1.04 bits per heavy atom. The summed E-state index contributed by atoms with van der Waals surface area (Å²) in [6.07, 6.45) is 0.690. The van der Waals surface area contributed by atoms with Crippen molar-refractivity contribution in [1.82, 2.24) is 0 Å². The molecule has 1 aliphatic heterocycles. The van der Waals surface area contributed by atoms with Crippen LogP contribution in [0.15, 0.2) is 12.2 Å². The highest BCUT2D eigenvalue weighted by atomic mass is 28.5. The molecule has 7 nitrogen and oxygen atoms in total. The summed E-state index contributed by atoms with van der Waals surface area (Å²) in [4.78, 5) is 11.4. The second-order valence-electron chi connectivity index (χ2n) is 6.89. The Balaban J connectivity index is 2.63. The number of hydrogen-bond donors (Lipinski definition) is 0. The smallest absolute Gasteiger partial charge is 0.333 e. The predicted molar refractivity (Wildman–Crippen MR) is 104 cm³/mol. The molecule has 0 aromatic carbocycles. The van der Waals surface area contributed by atoms with Gasteiger partial charge in [-0.05, 0) is 52.1 Å². The van der Waals surface area contributed by atoms with E-state index in [0.29, 0.717) is 18.6 Å². The molecule has 24 heavy (non-hydrogen) atoms. The molecule has 1 heterocycles. The van der Waals surface area contributed by atoms with Gasteiger partial charge in [0.15, 0.2) is 0 Å². The van der Waals surface area contributed by atoms with E-state index in [4.69, 9.17) is 25.3 Å². The number of esters is 1. The minimum absolute atomic E-state index is 0.338. The van der Waals surface area contributed by atoms with Gasteiger partial charge in [0.05, 0.1) is 6.61 Å². The van der Waals surface area contributed by atoms with E-state index < -0.39 is 45.7 Å². The minimum Gasteiger partial charge on any atom is -0.462 e. The van der Waals surface area contributed by atoms with Crippen molar-refractivity contribution in [3.05, 3.63) is 12.2 Å². The Hall–Kier alpha value is 0.0944. The van der Waals surface area contributed by atoms with Crippen LogP contribution in [0.2, 0.25) is 38.8 Å². The fraction of sp³-hybridized carbons (Fsp3) is 0.750. The van der Waals surface area contributed by atoms with Crippen LogP contribution in [0.3, 0.4) is 0 Å². The highest BCUT2D eigenvalue weighted by molar-refractivity contribution is 6.86. The van der Waals surface area contributed by atoms with E-state index in [0.717, 1.165) is 6.04 Å². The summed E-state index contributed by atoms with van der Waals surface area (Å²) in [6, 6.07) is 0.733. The minimum atomic E-state index is -2.42. The molecule has 12 heteroatoms. The summed E-state index contributed by atoms with van der Waals surface area (Å²) >= 11 is 0. The molecular weight excluding hydrogens is 397 g/mol. The van der Waals surface area contributed by atoms with E-state index in [-0.39, 0.29) is 5.97 Å². The van der Waals surface area contributed by atoms with Crippen LogP contribution >= 0.6 is 0 Å². The molecule has 0 aromatic heterocycles. The molecule has 0 amide bonds. The van der Waals surface area contributed by atoms with Gasteiger partial charge in [0.1, 0.15) is 0 Å². The third-order valence-corrected chi connectivity index (χ3v) is 19.6. The average molecular weight is 427 g/mol. The molecule has 0 aliphatic carbocycles. The van der Waals surface area contributed by atoms with Crippen molar-refractivity contribution in [3.63, 3.8) is 0 Å². The fourth-order valence-corrected chi connectivity index (χ4v) is 19.7. The van der Waals surface area contributed by atoms with Gasteiger partial charge < -0.3 is 25.3 Å². The Bertz CT molecular complexity index is 459. The van der Waals surface area contributed by atoms with E-state index in [1.165, 1.54) is 0 Å². The number of ether oxygens (including phenoxy) is 1. The maximum Gasteiger partial charge on any atom is 0.333 e. The van der Waals surface area contributed by atoms with Gasteiger partial charge in [-0.1, -0.05) is 6.58 Å². The molecule has 1 atom stereocenters. The number of hydrogen-bond acceptors (Lipinski definition) is 7. The van der Waals surface area contributed by atoms with Crippen molar-refractivity contribution in [2.75, 3.05) is 6.61 Å². The van der Waals surface area contributed by atoms with E-state index in [1.54, 1.807) is 6.92 Å². The van der Waals surface area contributed by atoms with Crippen LogP contribution in [0.4, 0.5) is 0 Å². The summed E-state index contributed by atoms with van der Waals surface area (Å²) in [5, 5.41) is 0. The third kappa shape index (κ3) is 8.46. The maximum atomic E-state index is 11.4. The molecule has 1 rings (SSSR count). The zero-order valence-corrected chi connectivity index (χ0v) is 21.4. The molecule has 0 spiro atoms. The lowest BCUT2D eigenvalue weighted by Crippen LogP contribution is -2.57. The number of rotatable bonds is 5. The average Bonchev–Trinajstić information content (AvgIpc) is 2.40. The monoisotopic (exact) mass is 426 g/mol. The quantitative estimate of drug-likeness (QED) is 0.282. The lowest BCUT2D eigenvalue weighted by atomic mass is 10.4. The van der Waals surface area contributed by atoms with Crippen molar-refractivity contribution in [1.29, 1.82) is 0 Å². The molecule has 0 N–H and O–H groups in total. The van der Waals surface area contributed by atoms with Gasteiger partial charge in [0.2, 0.25) is 0 Å². The van der Waals surface area contributed by atoms with Crippen molar-refractivity contribution < 1.29 is 30.1 Å². The van der Waals surface area contributed by atoms with Crippen LogP contribution in [0.25, 0.3) is 0 Å². The fourth-order valence-electron chi connectivity index (χ4n) is 2.38. The van der Waals surface area contributed by atoms with Crippen molar-refractivity contribution >= 4 is 51.7 Å². The summed E-state index contributed by atoms with van der Waals surface area (Å²) in [5.74, 6) is -0.360. The lowest BCUT2D eigenvalue weighted by molar-refractivity contribution is -0.138. The summed E-state index contributed by atoms with van der Waals surface area (Å²) in [7, 11) is -9.15. The van der Waals surface area contributed by atoms with E-state index in [9.17, 15) is 4.79 Å². The first-order valence-corrected chi connectivity index (χ1v) is 18.5. The van der Waals surface area contributed by atoms with E-state index in [1.807, 2.05) is 32.7 Å². The van der Waals surface area contributed by atoms with Crippen LogP contribution < -0.4 is 0 Å². The Kier molecular flexibility index (Phi) is 8.44. The van der Waals surface area contributed by atoms with Crippen molar-refractivity contribution in [2.24, 2.45) is 0 Å². The molecule has 1 unspecified atom stereocenters. The predicted octanol–water partition coefficient (Wildman–Crippen LogP) is 1.07. The largest absolute Gasteiger partial charge is 0.462 e. The highest BCUT2D eigenvalue weighted by Gasteiger charge is 2.44. The topological polar surface area (TPSA) is 72.5 Å². The lowest BCUT2D eigenvalue weighted by Gasteiger charge is -2.40. The molecule has 1 saturated heterocycles. The molecule has 140 valence electrons. The Morgan fingerprint density at radius 2 is 1.67 bits per heavy atom. The van der Waals surface area contributed by atoms with Crippen LogP contribution in [0, 0.1) is 0 Å². The molecule has 1 fully saturated rings. The third-order valence-electron chi connectivity index (χ3n) is 3.25. The van der Waals surface area contributed by atoms with Crippen LogP contribution in [0.5, 0.6) is 0 Å². The first-order chi connectivity index (χ1) is 10.9. The molecule has 0 bridgehead atoms. The van der Waals surface area contributed by atoms with Gasteiger partial charge in [-0.3, -0.25) is 0 Å². The molecule has 1 aliphatic rings. The molecule has 0 saturated carbocycles. The zero-order valence-electron chi connectivity index (χ0n) is 15.6. The van der Waals surface area contributed by atoms with Gasteiger partial charge >= 0.3 is 31.7 Å². The van der Waals surface area contributed by atoms with Crippen molar-refractivity contribution in [3.8, 4) is 0 Å². The standard InChI is InChI=1S/C12H30O7Si5/c1-11(2)12(13)14-9-8-10-24(7)17-21-15-20-16-22(3,4)18-23(5,6)19-24/h1,8-10,20-21H2,2-7H3. The summed E-state index contributed by atoms with van der Waals surface area (Å²) in [5.41, 5.74) is 0.407. The normalized spacial score (nSPS) is 29.2. The zero-order chi connectivity index (χ0) is 18.4. The second kappa shape index (κ2) is 9.15. The van der Waals surface area contributed by atoms with Gasteiger partial charge in [0, 0.05) is 5.57 Å². The highest BCUT2D eigenvalue weighted by Crippen LogP contribution is 2.25. The molecular formula is C12H30O7Si5. The number of carbonyl (C=O) groups is 1. The van der Waals surface area contributed by atoms with Gasteiger partial charge in [0.25, 0.3) is 20.0 Å². The Morgan fingerprint density at radius 3 is 2.29 bits per heavy atom. The first-order valence-electron chi connectivity index (χ1n) is 8.03. The van der Waals surface area contributed by atoms with E-state index >= 15 is 0 Å². The maximum absolute atomic E-state index is 11.4. The van der Waals surface area contributed by atoms with Crippen molar-refractivity contribution in [2.45, 2.75) is 52.1 Å². The van der Waals surface area contributed by atoms with E-state index in [2.05, 4.69) is 6.58 Å². The second-order valence-corrected chi connectivity index (χ2v) is 21.3. The van der Waals surface area contributed by atoms with Gasteiger partial charge in [-0.15, -0.1) is 0 Å².